The van der Waals surface area contributed by atoms with E-state index in [1.807, 2.05) is 0 Å². The van der Waals surface area contributed by atoms with Crippen molar-refractivity contribution in [1.82, 2.24) is 0 Å². The molecule has 3 aromatic carbocycles. The van der Waals surface area contributed by atoms with Crippen LogP contribution in [0.25, 0.3) is 0 Å². The number of carbonyl (C=O) groups is 4. The molecule has 2 N–H and O–H groups in total. The standard InChI is InChI=1S/C24H18O8/c25-21(26)17-12-20(24(30)32-14-16-9-5-2-6-10-16)18(22(27)28)11-19(17)23(29)31-13-15-7-3-1-4-8-15/h1-12H,13-14H2,(H,25,26)(H,27,28). The highest BCUT2D eigenvalue weighted by Gasteiger charge is 2.27. The first-order valence-electron chi connectivity index (χ1n) is 9.43. The summed E-state index contributed by atoms with van der Waals surface area (Å²) in [7, 11) is 0. The number of carboxylic acid groups (broad SMARTS) is 2. The summed E-state index contributed by atoms with van der Waals surface area (Å²) in [6.07, 6.45) is 0. The van der Waals surface area contributed by atoms with Gasteiger partial charge in [0.25, 0.3) is 0 Å². The Morgan fingerprint density at radius 3 is 1.22 bits per heavy atom. The van der Waals surface area contributed by atoms with Gasteiger partial charge in [-0.05, 0) is 23.3 Å². The van der Waals surface area contributed by atoms with E-state index < -0.39 is 46.1 Å². The van der Waals surface area contributed by atoms with Crippen LogP contribution in [0.1, 0.15) is 52.6 Å². The number of esters is 2. The molecule has 3 rings (SSSR count). The third kappa shape index (κ3) is 5.37. The number of carbonyl (C=O) groups excluding carboxylic acids is 2. The second-order valence-corrected chi connectivity index (χ2v) is 6.68. The molecule has 32 heavy (non-hydrogen) atoms. The number of hydrogen-bond donors (Lipinski definition) is 2. The van der Waals surface area contributed by atoms with Crippen molar-refractivity contribution in [3.8, 4) is 0 Å². The number of aromatic carboxylic acids is 2. The highest BCUT2D eigenvalue weighted by Crippen LogP contribution is 2.21. The molecule has 0 spiro atoms. The van der Waals surface area contributed by atoms with E-state index >= 15 is 0 Å². The molecule has 0 aliphatic carbocycles. The molecule has 0 unspecified atom stereocenters. The number of ether oxygens (including phenoxy) is 2. The molecule has 8 nitrogen and oxygen atoms in total. The van der Waals surface area contributed by atoms with Gasteiger partial charge < -0.3 is 19.7 Å². The molecule has 0 aliphatic heterocycles. The van der Waals surface area contributed by atoms with Crippen molar-refractivity contribution in [3.63, 3.8) is 0 Å². The molecule has 0 amide bonds. The van der Waals surface area contributed by atoms with E-state index in [9.17, 15) is 29.4 Å². The zero-order valence-corrected chi connectivity index (χ0v) is 16.7. The fourth-order valence-corrected chi connectivity index (χ4v) is 2.89. The Morgan fingerprint density at radius 1 is 0.562 bits per heavy atom. The molecular weight excluding hydrogens is 416 g/mol. The van der Waals surface area contributed by atoms with Crippen LogP contribution in [0.4, 0.5) is 0 Å². The van der Waals surface area contributed by atoms with Gasteiger partial charge in [-0.3, -0.25) is 0 Å². The SMILES string of the molecule is O=C(O)c1cc(C(=O)OCc2ccccc2)c(C(=O)O)cc1C(=O)OCc1ccccc1. The first-order valence-corrected chi connectivity index (χ1v) is 9.43. The minimum atomic E-state index is -1.52. The second-order valence-electron chi connectivity index (χ2n) is 6.68. The fourth-order valence-electron chi connectivity index (χ4n) is 2.89. The van der Waals surface area contributed by atoms with Crippen molar-refractivity contribution in [3.05, 3.63) is 106 Å². The molecular formula is C24H18O8. The third-order valence-corrected chi connectivity index (χ3v) is 4.48. The summed E-state index contributed by atoms with van der Waals surface area (Å²) in [6, 6.07) is 19.0. The lowest BCUT2D eigenvalue weighted by Crippen LogP contribution is -2.18. The predicted octanol–water partition coefficient (Wildman–Crippen LogP) is 3.80. The number of carboxylic acids is 2. The average molecular weight is 434 g/mol. The highest BCUT2D eigenvalue weighted by atomic mass is 16.5. The van der Waals surface area contributed by atoms with Crippen molar-refractivity contribution in [2.24, 2.45) is 0 Å². The van der Waals surface area contributed by atoms with Crippen LogP contribution in [0.15, 0.2) is 72.8 Å². The molecule has 0 saturated heterocycles. The Kier molecular flexibility index (Phi) is 6.97. The molecule has 0 radical (unpaired) electrons. The van der Waals surface area contributed by atoms with Gasteiger partial charge in [-0.15, -0.1) is 0 Å². The Balaban J connectivity index is 1.89. The summed E-state index contributed by atoms with van der Waals surface area (Å²) in [5, 5.41) is 19.1. The van der Waals surface area contributed by atoms with Gasteiger partial charge in [0.1, 0.15) is 13.2 Å². The molecule has 0 aliphatic rings. The van der Waals surface area contributed by atoms with Crippen LogP contribution < -0.4 is 0 Å². The van der Waals surface area contributed by atoms with Gasteiger partial charge >= 0.3 is 23.9 Å². The zero-order valence-electron chi connectivity index (χ0n) is 16.7. The lowest BCUT2D eigenvalue weighted by molar-refractivity contribution is 0.0449. The van der Waals surface area contributed by atoms with E-state index in [1.54, 1.807) is 60.7 Å². The maximum atomic E-state index is 12.5. The molecule has 162 valence electrons. The summed E-state index contributed by atoms with van der Waals surface area (Å²) in [5.74, 6) is -5.10. The number of hydrogen-bond acceptors (Lipinski definition) is 6. The Hall–Kier alpha value is -4.46. The van der Waals surface area contributed by atoms with Crippen LogP contribution in [0.3, 0.4) is 0 Å². The molecule has 3 aromatic rings. The van der Waals surface area contributed by atoms with Crippen LogP contribution >= 0.6 is 0 Å². The Bertz CT molecular complexity index is 1060. The predicted molar refractivity (Wildman–Crippen MR) is 111 cm³/mol. The molecule has 0 atom stereocenters. The lowest BCUT2D eigenvalue weighted by atomic mass is 9.98. The molecule has 0 aromatic heterocycles. The van der Waals surface area contributed by atoms with Crippen LogP contribution in [0.2, 0.25) is 0 Å². The fraction of sp³-hybridized carbons (Fsp3) is 0.0833. The summed E-state index contributed by atoms with van der Waals surface area (Å²) >= 11 is 0. The summed E-state index contributed by atoms with van der Waals surface area (Å²) in [4.78, 5) is 48.5. The van der Waals surface area contributed by atoms with Crippen LogP contribution in [0, 0.1) is 0 Å². The molecule has 0 heterocycles. The zero-order chi connectivity index (χ0) is 23.1. The number of rotatable bonds is 8. The smallest absolute Gasteiger partial charge is 0.339 e. The lowest BCUT2D eigenvalue weighted by Gasteiger charge is -2.12. The van der Waals surface area contributed by atoms with Gasteiger partial charge in [-0.2, -0.15) is 0 Å². The second kappa shape index (κ2) is 10.0. The van der Waals surface area contributed by atoms with E-state index in [0.29, 0.717) is 11.1 Å². The highest BCUT2D eigenvalue weighted by molar-refractivity contribution is 6.09. The molecule has 0 bridgehead atoms. The van der Waals surface area contributed by atoms with Crippen molar-refractivity contribution >= 4 is 23.9 Å². The summed E-state index contributed by atoms with van der Waals surface area (Å²) < 4.78 is 10.3. The average Bonchev–Trinajstić information content (AvgIpc) is 2.81. The topological polar surface area (TPSA) is 127 Å². The van der Waals surface area contributed by atoms with Gasteiger partial charge in [0.05, 0.1) is 22.3 Å². The van der Waals surface area contributed by atoms with Gasteiger partial charge in [-0.25, -0.2) is 19.2 Å². The monoisotopic (exact) mass is 434 g/mol. The van der Waals surface area contributed by atoms with Crippen molar-refractivity contribution in [2.45, 2.75) is 13.2 Å². The van der Waals surface area contributed by atoms with E-state index in [4.69, 9.17) is 9.47 Å². The molecule has 0 fully saturated rings. The van der Waals surface area contributed by atoms with Gasteiger partial charge in [0, 0.05) is 0 Å². The normalized spacial score (nSPS) is 10.2. The van der Waals surface area contributed by atoms with Crippen LogP contribution in [0.5, 0.6) is 0 Å². The Labute approximate surface area is 182 Å². The first kappa shape index (κ1) is 22.2. The van der Waals surface area contributed by atoms with Gasteiger partial charge in [0.15, 0.2) is 0 Å². The maximum Gasteiger partial charge on any atom is 0.339 e. The molecule has 0 saturated carbocycles. The van der Waals surface area contributed by atoms with Gasteiger partial charge in [0.2, 0.25) is 0 Å². The van der Waals surface area contributed by atoms with Gasteiger partial charge in [-0.1, -0.05) is 60.7 Å². The molecule has 8 heteroatoms. The Morgan fingerprint density at radius 2 is 0.906 bits per heavy atom. The number of benzene rings is 3. The van der Waals surface area contributed by atoms with E-state index in [0.717, 1.165) is 12.1 Å². The van der Waals surface area contributed by atoms with Crippen LogP contribution in [-0.4, -0.2) is 34.1 Å². The maximum absolute atomic E-state index is 12.5. The summed E-state index contributed by atoms with van der Waals surface area (Å²) in [5.41, 5.74) is -0.773. The van der Waals surface area contributed by atoms with Crippen molar-refractivity contribution in [2.75, 3.05) is 0 Å². The van der Waals surface area contributed by atoms with E-state index in [1.165, 1.54) is 0 Å². The van der Waals surface area contributed by atoms with Crippen LogP contribution in [-0.2, 0) is 22.7 Å². The third-order valence-electron chi connectivity index (χ3n) is 4.48. The quantitative estimate of drug-likeness (QED) is 0.513. The minimum absolute atomic E-state index is 0.137. The van der Waals surface area contributed by atoms with Crippen molar-refractivity contribution in [1.29, 1.82) is 0 Å². The van der Waals surface area contributed by atoms with E-state index in [-0.39, 0.29) is 13.2 Å². The largest absolute Gasteiger partial charge is 0.478 e. The summed E-state index contributed by atoms with van der Waals surface area (Å²) in [6.45, 7) is -0.274. The first-order chi connectivity index (χ1) is 15.4. The minimum Gasteiger partial charge on any atom is -0.478 e. The van der Waals surface area contributed by atoms with Crippen molar-refractivity contribution < 1.29 is 38.9 Å². The van der Waals surface area contributed by atoms with E-state index in [2.05, 4.69) is 0 Å².